The van der Waals surface area contributed by atoms with Gasteiger partial charge in [0.2, 0.25) is 5.75 Å². The Morgan fingerprint density at radius 1 is 1.05 bits per heavy atom. The zero-order valence-electron chi connectivity index (χ0n) is 12.1. The van der Waals surface area contributed by atoms with Crippen LogP contribution in [-0.2, 0) is 0 Å². The van der Waals surface area contributed by atoms with Gasteiger partial charge in [0, 0.05) is 5.56 Å². The fourth-order valence-electron chi connectivity index (χ4n) is 1.72. The minimum absolute atomic E-state index is 0.175. The first kappa shape index (κ1) is 15.8. The number of nitriles is 1. The molecule has 1 aromatic rings. The first-order valence-corrected chi connectivity index (χ1v) is 6.64. The van der Waals surface area contributed by atoms with Gasteiger partial charge in [0.15, 0.2) is 17.3 Å². The van der Waals surface area contributed by atoms with Gasteiger partial charge >= 0.3 is 0 Å². The lowest BCUT2D eigenvalue weighted by atomic mass is 10.1. The maximum absolute atomic E-state index is 11.9. The predicted octanol–water partition coefficient (Wildman–Crippen LogP) is 2.98. The molecule has 0 saturated heterocycles. The molecule has 0 aromatic heterocycles. The summed E-state index contributed by atoms with van der Waals surface area (Å²) in [5.74, 6) is 1.14. The van der Waals surface area contributed by atoms with E-state index in [-0.39, 0.29) is 12.2 Å². The highest BCUT2D eigenvalue weighted by Gasteiger charge is 2.17. The lowest BCUT2D eigenvalue weighted by Crippen LogP contribution is -2.06. The summed E-state index contributed by atoms with van der Waals surface area (Å²) in [4.78, 5) is 11.9. The SMILES string of the molecule is CCOc1cc(C(=O)CC#N)cc(OCC)c1OCC. The molecule has 1 aromatic carbocycles. The number of hydrogen-bond donors (Lipinski definition) is 0. The van der Waals surface area contributed by atoms with Crippen LogP contribution in [0.2, 0.25) is 0 Å². The highest BCUT2D eigenvalue weighted by Crippen LogP contribution is 2.39. The number of ether oxygens (including phenoxy) is 3. The molecular formula is C15H19NO4. The van der Waals surface area contributed by atoms with Crippen molar-refractivity contribution in [2.75, 3.05) is 19.8 Å². The molecule has 0 fully saturated rings. The Kier molecular flexibility index (Phi) is 6.38. The van der Waals surface area contributed by atoms with Gasteiger partial charge in [-0.25, -0.2) is 0 Å². The van der Waals surface area contributed by atoms with Crippen LogP contribution in [0.4, 0.5) is 0 Å². The Labute approximate surface area is 119 Å². The second kappa shape index (κ2) is 8.05. The van der Waals surface area contributed by atoms with Crippen LogP contribution in [0.1, 0.15) is 37.6 Å². The number of carbonyl (C=O) groups is 1. The van der Waals surface area contributed by atoms with Crippen LogP contribution in [0.3, 0.4) is 0 Å². The van der Waals surface area contributed by atoms with E-state index >= 15 is 0 Å². The fraction of sp³-hybridized carbons (Fsp3) is 0.467. The fourth-order valence-corrected chi connectivity index (χ4v) is 1.72. The summed E-state index contributed by atoms with van der Waals surface area (Å²) in [5.41, 5.74) is 0.391. The van der Waals surface area contributed by atoms with Gasteiger partial charge in [-0.2, -0.15) is 5.26 Å². The topological polar surface area (TPSA) is 68.6 Å². The van der Waals surface area contributed by atoms with Gasteiger partial charge in [-0.05, 0) is 32.9 Å². The lowest BCUT2D eigenvalue weighted by Gasteiger charge is -2.16. The largest absolute Gasteiger partial charge is 0.490 e. The van der Waals surface area contributed by atoms with Crippen LogP contribution in [0, 0.1) is 11.3 Å². The first-order chi connectivity index (χ1) is 9.67. The van der Waals surface area contributed by atoms with Gasteiger partial charge in [-0.3, -0.25) is 4.79 Å². The van der Waals surface area contributed by atoms with Crippen LogP contribution in [-0.4, -0.2) is 25.6 Å². The number of hydrogen-bond acceptors (Lipinski definition) is 5. The molecule has 0 aliphatic heterocycles. The number of carbonyl (C=O) groups excluding carboxylic acids is 1. The predicted molar refractivity (Wildman–Crippen MR) is 74.5 cm³/mol. The average molecular weight is 277 g/mol. The van der Waals surface area contributed by atoms with Gasteiger partial charge in [0.25, 0.3) is 0 Å². The number of ketones is 1. The van der Waals surface area contributed by atoms with Crippen molar-refractivity contribution in [3.8, 4) is 23.3 Å². The smallest absolute Gasteiger partial charge is 0.203 e. The quantitative estimate of drug-likeness (QED) is 0.683. The van der Waals surface area contributed by atoms with Crippen molar-refractivity contribution in [1.82, 2.24) is 0 Å². The minimum Gasteiger partial charge on any atom is -0.490 e. The van der Waals surface area contributed by atoms with E-state index < -0.39 is 0 Å². The molecule has 0 saturated carbocycles. The molecule has 0 bridgehead atoms. The van der Waals surface area contributed by atoms with E-state index in [2.05, 4.69) is 0 Å². The molecule has 0 N–H and O–H groups in total. The van der Waals surface area contributed by atoms with Gasteiger partial charge in [-0.1, -0.05) is 0 Å². The van der Waals surface area contributed by atoms with Crippen LogP contribution < -0.4 is 14.2 Å². The van der Waals surface area contributed by atoms with E-state index in [9.17, 15) is 4.79 Å². The molecule has 0 aliphatic rings. The second-order valence-electron chi connectivity index (χ2n) is 3.86. The Morgan fingerprint density at radius 2 is 1.55 bits per heavy atom. The Balaban J connectivity index is 3.29. The standard InChI is InChI=1S/C15H19NO4/c1-4-18-13-9-11(12(17)7-8-16)10-14(19-5-2)15(13)20-6-3/h9-10H,4-7H2,1-3H3. The zero-order chi connectivity index (χ0) is 15.0. The third-order valence-electron chi connectivity index (χ3n) is 2.47. The molecule has 0 amide bonds. The molecule has 0 spiro atoms. The lowest BCUT2D eigenvalue weighted by molar-refractivity contribution is 0.0996. The van der Waals surface area contributed by atoms with Crippen LogP contribution in [0.25, 0.3) is 0 Å². The summed E-state index contributed by atoms with van der Waals surface area (Å²) in [7, 11) is 0. The van der Waals surface area contributed by atoms with Crippen molar-refractivity contribution in [3.63, 3.8) is 0 Å². The highest BCUT2D eigenvalue weighted by molar-refractivity contribution is 5.98. The maximum atomic E-state index is 11.9. The molecular weight excluding hydrogens is 258 g/mol. The van der Waals surface area contributed by atoms with Crippen LogP contribution in [0.15, 0.2) is 12.1 Å². The molecule has 0 aliphatic carbocycles. The molecule has 0 radical (unpaired) electrons. The molecule has 20 heavy (non-hydrogen) atoms. The summed E-state index contributed by atoms with van der Waals surface area (Å²) < 4.78 is 16.6. The monoisotopic (exact) mass is 277 g/mol. The van der Waals surface area contributed by atoms with E-state index in [0.29, 0.717) is 42.6 Å². The molecule has 1 rings (SSSR count). The van der Waals surface area contributed by atoms with Crippen LogP contribution in [0.5, 0.6) is 17.2 Å². The van der Waals surface area contributed by atoms with Crippen molar-refractivity contribution in [2.45, 2.75) is 27.2 Å². The number of rotatable bonds is 8. The molecule has 108 valence electrons. The summed E-state index contributed by atoms with van der Waals surface area (Å²) in [6.45, 7) is 6.91. The third kappa shape index (κ3) is 3.89. The molecule has 0 unspecified atom stereocenters. The first-order valence-electron chi connectivity index (χ1n) is 6.64. The Morgan fingerprint density at radius 3 is 1.95 bits per heavy atom. The normalized spacial score (nSPS) is 9.70. The van der Waals surface area contributed by atoms with E-state index in [1.165, 1.54) is 0 Å². The van der Waals surface area contributed by atoms with Gasteiger partial charge in [-0.15, -0.1) is 0 Å². The molecule has 5 nitrogen and oxygen atoms in total. The highest BCUT2D eigenvalue weighted by atomic mass is 16.5. The number of nitrogens with zero attached hydrogens (tertiary/aromatic N) is 1. The molecule has 5 heteroatoms. The minimum atomic E-state index is -0.266. The molecule has 0 atom stereocenters. The van der Waals surface area contributed by atoms with Crippen molar-refractivity contribution < 1.29 is 19.0 Å². The Hall–Kier alpha value is -2.22. The second-order valence-corrected chi connectivity index (χ2v) is 3.86. The summed E-state index contributed by atoms with van der Waals surface area (Å²) in [5, 5.41) is 8.62. The summed E-state index contributed by atoms with van der Waals surface area (Å²) in [6.07, 6.45) is -0.175. The summed E-state index contributed by atoms with van der Waals surface area (Å²) >= 11 is 0. The van der Waals surface area contributed by atoms with Crippen molar-refractivity contribution in [3.05, 3.63) is 17.7 Å². The van der Waals surface area contributed by atoms with Crippen molar-refractivity contribution in [2.24, 2.45) is 0 Å². The number of Topliss-reactive ketones (excluding diaryl/α,β-unsaturated/α-hetero) is 1. The molecule has 0 heterocycles. The summed E-state index contributed by atoms with van der Waals surface area (Å²) in [6, 6.07) is 5.03. The average Bonchev–Trinajstić information content (AvgIpc) is 2.43. The van der Waals surface area contributed by atoms with E-state index in [1.54, 1.807) is 12.1 Å². The van der Waals surface area contributed by atoms with Crippen molar-refractivity contribution >= 4 is 5.78 Å². The number of benzene rings is 1. The van der Waals surface area contributed by atoms with Gasteiger partial charge in [0.1, 0.15) is 0 Å². The third-order valence-corrected chi connectivity index (χ3v) is 2.47. The van der Waals surface area contributed by atoms with E-state index in [0.717, 1.165) is 0 Å². The van der Waals surface area contributed by atoms with Crippen LogP contribution >= 0.6 is 0 Å². The maximum Gasteiger partial charge on any atom is 0.203 e. The zero-order valence-corrected chi connectivity index (χ0v) is 12.1. The van der Waals surface area contributed by atoms with Gasteiger partial charge < -0.3 is 14.2 Å². The van der Waals surface area contributed by atoms with Crippen molar-refractivity contribution in [1.29, 1.82) is 5.26 Å². The van der Waals surface area contributed by atoms with Gasteiger partial charge in [0.05, 0.1) is 32.3 Å². The Bertz CT molecular complexity index is 478. The van der Waals surface area contributed by atoms with E-state index in [4.69, 9.17) is 19.5 Å². The van der Waals surface area contributed by atoms with E-state index in [1.807, 2.05) is 26.8 Å².